The minimum atomic E-state index is -4.80. The fraction of sp³-hybridized carbons (Fsp3) is 0.375. The number of aliphatic hydroxyl groups excluding tert-OH is 1. The predicted octanol–water partition coefficient (Wildman–Crippen LogP) is 1.83. The molecule has 0 radical (unpaired) electrons. The van der Waals surface area contributed by atoms with Crippen molar-refractivity contribution >= 4 is 23.0 Å². The van der Waals surface area contributed by atoms with E-state index in [1.54, 1.807) is 5.32 Å². The zero-order chi connectivity index (χ0) is 12.3. The molecule has 0 saturated heterocycles. The number of anilines is 1. The van der Waals surface area contributed by atoms with E-state index < -0.39 is 18.4 Å². The number of esters is 1. The number of alkyl halides is 3. The number of hydrogen-bond donors (Lipinski definition) is 2. The van der Waals surface area contributed by atoms with Gasteiger partial charge in [0.1, 0.15) is 4.88 Å². The van der Waals surface area contributed by atoms with Gasteiger partial charge >= 0.3 is 12.1 Å². The maximum Gasteiger partial charge on any atom is 0.433 e. The number of hydrogen-bond acceptors (Lipinski definition) is 5. The van der Waals surface area contributed by atoms with Crippen molar-refractivity contribution in [3.05, 3.63) is 16.3 Å². The number of methoxy groups -OCH3 is 1. The molecule has 0 aliphatic heterocycles. The number of carbonyl (C=O) groups is 1. The molecule has 2 N–H and O–H groups in total. The molecule has 0 aliphatic rings. The van der Waals surface area contributed by atoms with E-state index in [1.807, 2.05) is 0 Å². The first-order valence-corrected chi connectivity index (χ1v) is 4.91. The quantitative estimate of drug-likeness (QED) is 0.639. The van der Waals surface area contributed by atoms with Crippen molar-refractivity contribution in [2.75, 3.05) is 12.4 Å². The zero-order valence-corrected chi connectivity index (χ0v) is 8.85. The van der Waals surface area contributed by atoms with Crippen LogP contribution in [-0.2, 0) is 4.74 Å². The number of halogens is 3. The highest BCUT2D eigenvalue weighted by Crippen LogP contribution is 2.27. The Morgan fingerprint density at radius 1 is 1.62 bits per heavy atom. The van der Waals surface area contributed by atoms with Crippen molar-refractivity contribution in [2.24, 2.45) is 0 Å². The highest BCUT2D eigenvalue weighted by Gasteiger charge is 2.39. The van der Waals surface area contributed by atoms with Gasteiger partial charge in [-0.3, -0.25) is 0 Å². The van der Waals surface area contributed by atoms with Gasteiger partial charge in [-0.15, -0.1) is 11.3 Å². The number of nitrogens with one attached hydrogen (secondary N) is 1. The van der Waals surface area contributed by atoms with Gasteiger partial charge in [-0.05, 0) is 11.4 Å². The SMILES string of the molecule is COC(=O)c1sccc1NC(O)C(F)(F)F. The van der Waals surface area contributed by atoms with Crippen LogP contribution in [0.4, 0.5) is 18.9 Å². The van der Waals surface area contributed by atoms with Crippen LogP contribution >= 0.6 is 11.3 Å². The largest absolute Gasteiger partial charge is 0.465 e. The van der Waals surface area contributed by atoms with Gasteiger partial charge in [0.25, 0.3) is 0 Å². The summed E-state index contributed by atoms with van der Waals surface area (Å²) in [6.07, 6.45) is -7.51. The first-order valence-electron chi connectivity index (χ1n) is 4.03. The van der Waals surface area contributed by atoms with Gasteiger partial charge in [-0.25, -0.2) is 4.79 Å². The lowest BCUT2D eigenvalue weighted by Crippen LogP contribution is -2.36. The number of carbonyl (C=O) groups excluding carboxylic acids is 1. The molecule has 16 heavy (non-hydrogen) atoms. The Balaban J connectivity index is 2.82. The van der Waals surface area contributed by atoms with Crippen LogP contribution in [-0.4, -0.2) is 30.6 Å². The first kappa shape index (κ1) is 12.8. The lowest BCUT2D eigenvalue weighted by atomic mass is 10.3. The highest BCUT2D eigenvalue weighted by molar-refractivity contribution is 7.12. The molecule has 0 saturated carbocycles. The summed E-state index contributed by atoms with van der Waals surface area (Å²) < 4.78 is 40.5. The molecule has 1 aromatic heterocycles. The fourth-order valence-electron chi connectivity index (χ4n) is 0.903. The molecule has 0 spiro atoms. The molecule has 0 amide bonds. The second-order valence-electron chi connectivity index (χ2n) is 2.74. The van der Waals surface area contributed by atoms with E-state index >= 15 is 0 Å². The lowest BCUT2D eigenvalue weighted by Gasteiger charge is -2.16. The fourth-order valence-corrected chi connectivity index (χ4v) is 1.68. The van der Waals surface area contributed by atoms with Crippen molar-refractivity contribution in [3.63, 3.8) is 0 Å². The third-order valence-electron chi connectivity index (χ3n) is 1.64. The maximum absolute atomic E-state index is 12.0. The van der Waals surface area contributed by atoms with Crippen LogP contribution in [0.25, 0.3) is 0 Å². The summed E-state index contributed by atoms with van der Waals surface area (Å²) in [7, 11) is 1.12. The minimum absolute atomic E-state index is 0.0224. The van der Waals surface area contributed by atoms with E-state index in [4.69, 9.17) is 5.11 Å². The topological polar surface area (TPSA) is 58.6 Å². The van der Waals surface area contributed by atoms with Crippen LogP contribution in [0.3, 0.4) is 0 Å². The number of ether oxygens (including phenoxy) is 1. The van der Waals surface area contributed by atoms with Crippen molar-refractivity contribution in [1.29, 1.82) is 0 Å². The van der Waals surface area contributed by atoms with Crippen LogP contribution in [0.1, 0.15) is 9.67 Å². The van der Waals surface area contributed by atoms with Gasteiger partial charge in [-0.1, -0.05) is 0 Å². The molecular formula is C8H8F3NO3S. The smallest absolute Gasteiger partial charge is 0.433 e. The predicted molar refractivity (Wildman–Crippen MR) is 51.3 cm³/mol. The molecule has 1 atom stereocenters. The Bertz CT molecular complexity index is 377. The average Bonchev–Trinajstić information content (AvgIpc) is 2.63. The molecule has 1 rings (SSSR count). The van der Waals surface area contributed by atoms with E-state index in [-0.39, 0.29) is 10.6 Å². The summed E-state index contributed by atoms with van der Waals surface area (Å²) >= 11 is 0.919. The third kappa shape index (κ3) is 2.86. The lowest BCUT2D eigenvalue weighted by molar-refractivity contribution is -0.194. The molecule has 0 aromatic carbocycles. The van der Waals surface area contributed by atoms with Gasteiger partial charge < -0.3 is 15.2 Å². The zero-order valence-electron chi connectivity index (χ0n) is 8.04. The molecule has 1 unspecified atom stereocenters. The standard InChI is InChI=1S/C8H8F3NO3S/c1-15-6(13)5-4(2-3-16-5)12-7(14)8(9,10)11/h2-3,7,12,14H,1H3. The van der Waals surface area contributed by atoms with E-state index in [2.05, 4.69) is 4.74 Å². The van der Waals surface area contributed by atoms with E-state index in [9.17, 15) is 18.0 Å². The molecule has 90 valence electrons. The van der Waals surface area contributed by atoms with Gasteiger partial charge in [0, 0.05) is 0 Å². The monoisotopic (exact) mass is 255 g/mol. The van der Waals surface area contributed by atoms with Crippen LogP contribution in [0.15, 0.2) is 11.4 Å². The molecular weight excluding hydrogens is 247 g/mol. The average molecular weight is 255 g/mol. The summed E-state index contributed by atoms with van der Waals surface area (Å²) in [5, 5.41) is 12.0. The number of rotatable bonds is 3. The summed E-state index contributed by atoms with van der Waals surface area (Å²) in [4.78, 5) is 11.1. The van der Waals surface area contributed by atoms with Gasteiger partial charge in [0.15, 0.2) is 0 Å². The Hall–Kier alpha value is -1.28. The second-order valence-corrected chi connectivity index (χ2v) is 3.66. The Morgan fingerprint density at radius 2 is 2.25 bits per heavy atom. The highest BCUT2D eigenvalue weighted by atomic mass is 32.1. The van der Waals surface area contributed by atoms with Crippen LogP contribution in [0.5, 0.6) is 0 Å². The maximum atomic E-state index is 12.0. The Labute approximate surface area is 92.6 Å². The van der Waals surface area contributed by atoms with Crippen LogP contribution in [0.2, 0.25) is 0 Å². The molecule has 4 nitrogen and oxygen atoms in total. The number of thiophene rings is 1. The summed E-state index contributed by atoms with van der Waals surface area (Å²) in [6, 6.07) is 1.26. The Morgan fingerprint density at radius 3 is 2.75 bits per heavy atom. The van der Waals surface area contributed by atoms with Crippen molar-refractivity contribution in [1.82, 2.24) is 0 Å². The molecule has 8 heteroatoms. The molecule has 0 aliphatic carbocycles. The first-order chi connectivity index (χ1) is 7.36. The van der Waals surface area contributed by atoms with E-state index in [0.29, 0.717) is 0 Å². The summed E-state index contributed by atoms with van der Waals surface area (Å²) in [5.41, 5.74) is -0.110. The molecule has 1 aromatic rings. The van der Waals surface area contributed by atoms with Crippen molar-refractivity contribution in [2.45, 2.75) is 12.4 Å². The molecule has 1 heterocycles. The minimum Gasteiger partial charge on any atom is -0.465 e. The van der Waals surface area contributed by atoms with Crippen LogP contribution < -0.4 is 5.32 Å². The Kier molecular flexibility index (Phi) is 3.76. The van der Waals surface area contributed by atoms with E-state index in [0.717, 1.165) is 18.4 Å². The van der Waals surface area contributed by atoms with E-state index in [1.165, 1.54) is 11.4 Å². The third-order valence-corrected chi connectivity index (χ3v) is 2.53. The molecule has 0 bridgehead atoms. The summed E-state index contributed by atoms with van der Waals surface area (Å²) in [5.74, 6) is -0.758. The second kappa shape index (κ2) is 4.71. The normalized spacial score (nSPS) is 13.3. The number of aliphatic hydroxyl groups is 1. The van der Waals surface area contributed by atoms with Crippen molar-refractivity contribution < 1.29 is 27.8 Å². The molecule has 0 fully saturated rings. The van der Waals surface area contributed by atoms with Gasteiger partial charge in [-0.2, -0.15) is 13.2 Å². The van der Waals surface area contributed by atoms with Gasteiger partial charge in [0.2, 0.25) is 6.23 Å². The summed E-state index contributed by atoms with van der Waals surface area (Å²) in [6.45, 7) is 0. The van der Waals surface area contributed by atoms with Crippen molar-refractivity contribution in [3.8, 4) is 0 Å². The van der Waals surface area contributed by atoms with Gasteiger partial charge in [0.05, 0.1) is 12.8 Å². The van der Waals surface area contributed by atoms with Crippen LogP contribution in [0, 0.1) is 0 Å².